The van der Waals surface area contributed by atoms with Gasteiger partial charge in [0.15, 0.2) is 11.5 Å². The number of aliphatic hydroxyl groups excluding tert-OH is 1. The molecule has 168 valence electrons. The third-order valence-corrected chi connectivity index (χ3v) is 5.98. The number of ether oxygens (including phenoxy) is 3. The van der Waals surface area contributed by atoms with Crippen molar-refractivity contribution in [2.24, 2.45) is 0 Å². The molecule has 0 aliphatic carbocycles. The number of hydrogen-bond acceptors (Lipinski definition) is 6. The van der Waals surface area contributed by atoms with Gasteiger partial charge in [0.05, 0.1) is 32.4 Å². The Hall–Kier alpha value is -3.48. The van der Waals surface area contributed by atoms with E-state index in [0.29, 0.717) is 35.8 Å². The van der Waals surface area contributed by atoms with E-state index >= 15 is 0 Å². The van der Waals surface area contributed by atoms with Crippen LogP contribution >= 0.6 is 0 Å². The fourth-order valence-corrected chi connectivity index (χ4v) is 4.38. The van der Waals surface area contributed by atoms with Crippen molar-refractivity contribution in [1.29, 1.82) is 0 Å². The standard InChI is InChI=1S/C25H27NO6/c1-4-5-12-26-21(17-7-6-8-19(30-2)24(17)31-3)20(23(28)25(26)29)22(27)16-9-10-18-15(14-16)11-13-32-18/h6-10,14,21,27H,4-5,11-13H2,1-3H3/b22-20+. The molecule has 0 spiro atoms. The van der Waals surface area contributed by atoms with Gasteiger partial charge in [0, 0.05) is 24.1 Å². The minimum Gasteiger partial charge on any atom is -0.507 e. The van der Waals surface area contributed by atoms with Crippen LogP contribution in [0.2, 0.25) is 0 Å². The Morgan fingerprint density at radius 3 is 2.72 bits per heavy atom. The van der Waals surface area contributed by atoms with E-state index in [1.165, 1.54) is 19.1 Å². The molecule has 2 aliphatic rings. The number of hydrogen-bond donors (Lipinski definition) is 1. The monoisotopic (exact) mass is 437 g/mol. The highest BCUT2D eigenvalue weighted by Crippen LogP contribution is 2.45. The number of amides is 1. The Bertz CT molecular complexity index is 1090. The molecule has 4 rings (SSSR count). The van der Waals surface area contributed by atoms with E-state index in [-0.39, 0.29) is 11.3 Å². The molecular formula is C25H27NO6. The normalized spacial score (nSPS) is 19.1. The first kappa shape index (κ1) is 21.7. The van der Waals surface area contributed by atoms with E-state index in [1.807, 2.05) is 13.0 Å². The summed E-state index contributed by atoms with van der Waals surface area (Å²) >= 11 is 0. The molecule has 1 unspecified atom stereocenters. The second kappa shape index (κ2) is 8.94. The molecule has 7 nitrogen and oxygen atoms in total. The molecule has 2 heterocycles. The lowest BCUT2D eigenvalue weighted by Gasteiger charge is -2.27. The summed E-state index contributed by atoms with van der Waals surface area (Å²) in [7, 11) is 3.04. The van der Waals surface area contributed by atoms with Gasteiger partial charge in [-0.15, -0.1) is 0 Å². The van der Waals surface area contributed by atoms with Crippen molar-refractivity contribution in [1.82, 2.24) is 4.90 Å². The Morgan fingerprint density at radius 2 is 2.00 bits per heavy atom. The number of methoxy groups -OCH3 is 2. The third-order valence-electron chi connectivity index (χ3n) is 5.98. The lowest BCUT2D eigenvalue weighted by atomic mass is 9.93. The van der Waals surface area contributed by atoms with Gasteiger partial charge in [0.1, 0.15) is 11.5 Å². The summed E-state index contributed by atoms with van der Waals surface area (Å²) in [6, 6.07) is 9.85. The van der Waals surface area contributed by atoms with Gasteiger partial charge in [-0.05, 0) is 36.2 Å². The van der Waals surface area contributed by atoms with Crippen LogP contribution in [0.1, 0.15) is 42.5 Å². The molecule has 0 saturated carbocycles. The molecule has 1 amide bonds. The van der Waals surface area contributed by atoms with Crippen molar-refractivity contribution in [2.75, 3.05) is 27.4 Å². The zero-order valence-corrected chi connectivity index (χ0v) is 18.5. The fourth-order valence-electron chi connectivity index (χ4n) is 4.38. The maximum Gasteiger partial charge on any atom is 0.295 e. The highest BCUT2D eigenvalue weighted by molar-refractivity contribution is 6.46. The first-order valence-corrected chi connectivity index (χ1v) is 10.8. The van der Waals surface area contributed by atoms with Crippen LogP contribution in [0.15, 0.2) is 42.0 Å². The Labute approximate surface area is 187 Å². The number of fused-ring (bicyclic) bond motifs is 1. The number of nitrogens with zero attached hydrogens (tertiary/aromatic N) is 1. The van der Waals surface area contributed by atoms with Gasteiger partial charge >= 0.3 is 0 Å². The van der Waals surface area contributed by atoms with E-state index in [9.17, 15) is 14.7 Å². The first-order valence-electron chi connectivity index (χ1n) is 10.8. The van der Waals surface area contributed by atoms with Crippen LogP contribution in [0, 0.1) is 0 Å². The Kier molecular flexibility index (Phi) is 6.08. The number of para-hydroxylation sites is 1. The number of carbonyl (C=O) groups excluding carboxylic acids is 2. The molecule has 2 aliphatic heterocycles. The third kappa shape index (κ3) is 3.57. The van der Waals surface area contributed by atoms with Crippen LogP contribution in [-0.2, 0) is 16.0 Å². The number of aliphatic hydroxyl groups is 1. The van der Waals surface area contributed by atoms with Crippen LogP contribution < -0.4 is 14.2 Å². The van der Waals surface area contributed by atoms with Gasteiger partial charge in [-0.3, -0.25) is 9.59 Å². The van der Waals surface area contributed by atoms with Gasteiger partial charge in [0.25, 0.3) is 11.7 Å². The summed E-state index contributed by atoms with van der Waals surface area (Å²) in [5.41, 5.74) is 2.09. The fraction of sp³-hybridized carbons (Fsp3) is 0.360. The number of unbranched alkanes of at least 4 members (excludes halogenated alkanes) is 1. The van der Waals surface area contributed by atoms with Crippen molar-refractivity contribution in [3.63, 3.8) is 0 Å². The minimum absolute atomic E-state index is 0.0523. The maximum atomic E-state index is 13.2. The van der Waals surface area contributed by atoms with Crippen LogP contribution in [0.4, 0.5) is 0 Å². The van der Waals surface area contributed by atoms with Gasteiger partial charge in [-0.1, -0.05) is 25.5 Å². The van der Waals surface area contributed by atoms with E-state index in [1.54, 1.807) is 30.3 Å². The van der Waals surface area contributed by atoms with E-state index in [0.717, 1.165) is 30.6 Å². The molecule has 1 saturated heterocycles. The minimum atomic E-state index is -0.781. The summed E-state index contributed by atoms with van der Waals surface area (Å²) in [6.45, 7) is 2.99. The number of likely N-dealkylation sites (tertiary alicyclic amines) is 1. The van der Waals surface area contributed by atoms with Crippen LogP contribution in [0.25, 0.3) is 5.76 Å². The number of carbonyl (C=O) groups is 2. The van der Waals surface area contributed by atoms with E-state index in [4.69, 9.17) is 14.2 Å². The van der Waals surface area contributed by atoms with Gasteiger partial charge in [0.2, 0.25) is 0 Å². The molecule has 2 aromatic rings. The summed E-state index contributed by atoms with van der Waals surface area (Å²) in [5, 5.41) is 11.3. The average molecular weight is 437 g/mol. The highest BCUT2D eigenvalue weighted by atomic mass is 16.5. The second-order valence-corrected chi connectivity index (χ2v) is 7.85. The lowest BCUT2D eigenvalue weighted by Crippen LogP contribution is -2.30. The molecule has 1 fully saturated rings. The van der Waals surface area contributed by atoms with E-state index < -0.39 is 17.7 Å². The molecule has 0 radical (unpaired) electrons. The van der Waals surface area contributed by atoms with Gasteiger partial charge in [-0.25, -0.2) is 0 Å². The molecule has 1 atom stereocenters. The highest BCUT2D eigenvalue weighted by Gasteiger charge is 2.47. The van der Waals surface area contributed by atoms with Crippen LogP contribution in [0.5, 0.6) is 17.2 Å². The zero-order chi connectivity index (χ0) is 22.8. The molecule has 0 aromatic heterocycles. The van der Waals surface area contributed by atoms with Gasteiger partial charge in [-0.2, -0.15) is 0 Å². The van der Waals surface area contributed by atoms with Crippen molar-refractivity contribution in [3.8, 4) is 17.2 Å². The van der Waals surface area contributed by atoms with Crippen molar-refractivity contribution in [2.45, 2.75) is 32.2 Å². The summed E-state index contributed by atoms with van der Waals surface area (Å²) in [4.78, 5) is 27.7. The predicted octanol–water partition coefficient (Wildman–Crippen LogP) is 3.86. The van der Waals surface area contributed by atoms with Crippen LogP contribution in [-0.4, -0.2) is 49.1 Å². The maximum absolute atomic E-state index is 13.2. The van der Waals surface area contributed by atoms with Crippen molar-refractivity contribution >= 4 is 17.4 Å². The smallest absolute Gasteiger partial charge is 0.295 e. The predicted molar refractivity (Wildman–Crippen MR) is 119 cm³/mol. The lowest BCUT2D eigenvalue weighted by molar-refractivity contribution is -0.139. The number of benzene rings is 2. The largest absolute Gasteiger partial charge is 0.507 e. The molecule has 0 bridgehead atoms. The van der Waals surface area contributed by atoms with Crippen LogP contribution in [0.3, 0.4) is 0 Å². The quantitative estimate of drug-likeness (QED) is 0.402. The van der Waals surface area contributed by atoms with Crippen molar-refractivity contribution < 1.29 is 28.9 Å². The topological polar surface area (TPSA) is 85.3 Å². The summed E-state index contributed by atoms with van der Waals surface area (Å²) in [5.74, 6) is 0.157. The number of rotatable bonds is 7. The zero-order valence-electron chi connectivity index (χ0n) is 18.5. The summed E-state index contributed by atoms with van der Waals surface area (Å²) < 4.78 is 16.6. The summed E-state index contributed by atoms with van der Waals surface area (Å²) in [6.07, 6.45) is 2.32. The Balaban J connectivity index is 1.91. The molecular weight excluding hydrogens is 410 g/mol. The Morgan fingerprint density at radius 1 is 1.19 bits per heavy atom. The van der Waals surface area contributed by atoms with Gasteiger partial charge < -0.3 is 24.2 Å². The molecule has 1 N–H and O–H groups in total. The first-order chi connectivity index (χ1) is 15.5. The second-order valence-electron chi connectivity index (χ2n) is 7.85. The van der Waals surface area contributed by atoms with Crippen molar-refractivity contribution in [3.05, 3.63) is 58.7 Å². The number of ketones is 1. The number of Topliss-reactive ketones (excluding diaryl/α,β-unsaturated/α-hetero) is 1. The molecule has 32 heavy (non-hydrogen) atoms. The molecule has 2 aromatic carbocycles. The SMILES string of the molecule is CCCCN1C(=O)C(=O)/C(=C(/O)c2ccc3c(c2)CCO3)C1c1cccc(OC)c1OC. The molecule has 7 heteroatoms. The van der Waals surface area contributed by atoms with E-state index in [2.05, 4.69) is 0 Å². The average Bonchev–Trinajstić information content (AvgIpc) is 3.38.